The monoisotopic (exact) mass is 398 g/mol. The highest BCUT2D eigenvalue weighted by molar-refractivity contribution is 6.13. The number of esters is 1. The molecule has 2 aromatic rings. The number of hydrogen-bond acceptors (Lipinski definition) is 6. The molecule has 2 heterocycles. The summed E-state index contributed by atoms with van der Waals surface area (Å²) in [6, 6.07) is 9.63. The highest BCUT2D eigenvalue weighted by Gasteiger charge is 2.34. The second-order valence-corrected chi connectivity index (χ2v) is 6.54. The second kappa shape index (κ2) is 8.64. The third-order valence-corrected chi connectivity index (χ3v) is 4.43. The van der Waals surface area contributed by atoms with Crippen LogP contribution in [0.5, 0.6) is 5.75 Å². The van der Waals surface area contributed by atoms with Crippen LogP contribution in [0.4, 0.5) is 4.79 Å². The Kier molecular flexibility index (Phi) is 6.01. The minimum atomic E-state index is -0.630. The van der Waals surface area contributed by atoms with E-state index in [9.17, 15) is 14.4 Å². The lowest BCUT2D eigenvalue weighted by molar-refractivity contribution is -0.123. The van der Waals surface area contributed by atoms with Gasteiger partial charge < -0.3 is 19.2 Å². The quantitative estimate of drug-likeness (QED) is 0.436. The van der Waals surface area contributed by atoms with Gasteiger partial charge in [0.25, 0.3) is 5.91 Å². The topological polar surface area (TPSA) is 98.1 Å². The Bertz CT molecular complexity index is 944. The van der Waals surface area contributed by atoms with Crippen LogP contribution in [0.15, 0.2) is 46.5 Å². The predicted molar refractivity (Wildman–Crippen MR) is 104 cm³/mol. The van der Waals surface area contributed by atoms with Gasteiger partial charge in [-0.1, -0.05) is 19.1 Å². The van der Waals surface area contributed by atoms with E-state index in [1.54, 1.807) is 6.08 Å². The van der Waals surface area contributed by atoms with Crippen LogP contribution in [0.1, 0.15) is 42.1 Å². The maximum atomic E-state index is 12.6. The summed E-state index contributed by atoms with van der Waals surface area (Å²) in [5.41, 5.74) is 0.906. The van der Waals surface area contributed by atoms with Gasteiger partial charge in [-0.15, -0.1) is 0 Å². The number of methoxy groups -OCH3 is 1. The molecule has 1 N–H and O–H groups in total. The lowest BCUT2D eigenvalue weighted by atomic mass is 10.2. The van der Waals surface area contributed by atoms with Crippen molar-refractivity contribution in [2.75, 3.05) is 7.11 Å². The van der Waals surface area contributed by atoms with Crippen LogP contribution >= 0.6 is 0 Å². The number of carbonyl (C=O) groups excluding carboxylic acids is 3. The van der Waals surface area contributed by atoms with E-state index in [0.717, 1.165) is 22.6 Å². The van der Waals surface area contributed by atoms with Crippen LogP contribution < -0.4 is 10.1 Å². The molecule has 0 saturated carbocycles. The van der Waals surface area contributed by atoms with E-state index in [0.29, 0.717) is 5.76 Å². The van der Waals surface area contributed by atoms with E-state index in [1.165, 1.54) is 19.2 Å². The normalized spacial score (nSPS) is 16.1. The van der Waals surface area contributed by atoms with E-state index in [-0.39, 0.29) is 24.1 Å². The Labute approximate surface area is 168 Å². The fourth-order valence-corrected chi connectivity index (χ4v) is 2.67. The first-order valence-corrected chi connectivity index (χ1v) is 9.19. The van der Waals surface area contributed by atoms with Gasteiger partial charge in [0.05, 0.1) is 19.8 Å². The molecule has 0 aliphatic carbocycles. The zero-order valence-corrected chi connectivity index (χ0v) is 16.4. The summed E-state index contributed by atoms with van der Waals surface area (Å²) in [5, 5.41) is 2.55. The van der Waals surface area contributed by atoms with Crippen molar-refractivity contribution in [2.24, 2.45) is 0 Å². The maximum Gasteiger partial charge on any atom is 0.373 e. The van der Waals surface area contributed by atoms with E-state index in [2.05, 4.69) is 10.1 Å². The molecule has 0 radical (unpaired) electrons. The van der Waals surface area contributed by atoms with Gasteiger partial charge in [0.15, 0.2) is 0 Å². The van der Waals surface area contributed by atoms with E-state index < -0.39 is 17.9 Å². The van der Waals surface area contributed by atoms with Gasteiger partial charge in [-0.25, -0.2) is 9.59 Å². The fourth-order valence-electron chi connectivity index (χ4n) is 2.67. The number of ether oxygens (including phenoxy) is 2. The molecule has 8 heteroatoms. The Hall–Kier alpha value is -3.55. The molecule has 29 heavy (non-hydrogen) atoms. The minimum Gasteiger partial charge on any atom is -0.491 e. The largest absolute Gasteiger partial charge is 0.491 e. The van der Waals surface area contributed by atoms with Crippen LogP contribution in [0, 0.1) is 0 Å². The molecule has 0 unspecified atom stereocenters. The fraction of sp³-hybridized carbons (Fsp3) is 0.286. The maximum absolute atomic E-state index is 12.6. The molecular weight excluding hydrogens is 376 g/mol. The van der Waals surface area contributed by atoms with Gasteiger partial charge in [0, 0.05) is 0 Å². The number of amides is 3. The SMILES string of the molecule is CC[C@H](C)Oc1ccc(/C=C2\NC(=O)N(Cc3ccc(C(=O)OC)o3)C2=O)cc1. The molecule has 1 atom stereocenters. The Morgan fingerprint density at radius 3 is 2.59 bits per heavy atom. The molecule has 1 aliphatic rings. The van der Waals surface area contributed by atoms with Crippen molar-refractivity contribution >= 4 is 24.0 Å². The van der Waals surface area contributed by atoms with Crippen LogP contribution in [0.25, 0.3) is 6.08 Å². The van der Waals surface area contributed by atoms with Crippen LogP contribution in [0.2, 0.25) is 0 Å². The van der Waals surface area contributed by atoms with Crippen molar-refractivity contribution in [1.82, 2.24) is 10.2 Å². The molecule has 0 spiro atoms. The van der Waals surface area contributed by atoms with Crippen molar-refractivity contribution in [3.05, 3.63) is 59.2 Å². The Morgan fingerprint density at radius 1 is 1.21 bits per heavy atom. The van der Waals surface area contributed by atoms with Crippen molar-refractivity contribution in [3.63, 3.8) is 0 Å². The summed E-state index contributed by atoms with van der Waals surface area (Å²) in [4.78, 5) is 37.2. The summed E-state index contributed by atoms with van der Waals surface area (Å²) in [6.45, 7) is 3.94. The number of urea groups is 1. The molecule has 1 aromatic heterocycles. The molecule has 152 valence electrons. The second-order valence-electron chi connectivity index (χ2n) is 6.54. The number of imide groups is 1. The number of furan rings is 1. The molecule has 1 saturated heterocycles. The lowest BCUT2D eigenvalue weighted by Gasteiger charge is -2.12. The van der Waals surface area contributed by atoms with Crippen molar-refractivity contribution in [3.8, 4) is 5.75 Å². The van der Waals surface area contributed by atoms with Crippen molar-refractivity contribution in [2.45, 2.75) is 32.9 Å². The molecule has 3 amide bonds. The number of hydrogen-bond donors (Lipinski definition) is 1. The van der Waals surface area contributed by atoms with Crippen LogP contribution in [0.3, 0.4) is 0 Å². The zero-order chi connectivity index (χ0) is 21.0. The van der Waals surface area contributed by atoms with Crippen LogP contribution in [-0.4, -0.2) is 36.0 Å². The van der Waals surface area contributed by atoms with Crippen LogP contribution in [-0.2, 0) is 16.1 Å². The van der Waals surface area contributed by atoms with E-state index in [1.807, 2.05) is 38.1 Å². The summed E-state index contributed by atoms with van der Waals surface area (Å²) in [6.07, 6.45) is 2.61. The van der Waals surface area contributed by atoms with E-state index in [4.69, 9.17) is 9.15 Å². The molecular formula is C21H22N2O6. The Balaban J connectivity index is 1.69. The molecule has 1 aromatic carbocycles. The first kappa shape index (κ1) is 20.2. The standard InChI is InChI=1S/C21H22N2O6/c1-4-13(2)28-15-7-5-14(6-8-15)11-17-19(24)23(21(26)22-17)12-16-9-10-18(29-16)20(25)27-3/h5-11,13H,4,12H2,1-3H3,(H,22,26)/b17-11-/t13-/m0/s1. The smallest absolute Gasteiger partial charge is 0.373 e. The molecule has 0 bridgehead atoms. The first-order valence-electron chi connectivity index (χ1n) is 9.19. The molecule has 1 aliphatic heterocycles. The molecule has 8 nitrogen and oxygen atoms in total. The van der Waals surface area contributed by atoms with Gasteiger partial charge >= 0.3 is 12.0 Å². The number of rotatable bonds is 7. The average molecular weight is 398 g/mol. The minimum absolute atomic E-state index is 0.00465. The summed E-state index contributed by atoms with van der Waals surface area (Å²) < 4.78 is 15.6. The van der Waals surface area contributed by atoms with E-state index >= 15 is 0 Å². The number of benzene rings is 1. The van der Waals surface area contributed by atoms with Gasteiger partial charge in [-0.3, -0.25) is 9.69 Å². The number of carbonyl (C=O) groups is 3. The van der Waals surface area contributed by atoms with Crippen molar-refractivity contribution in [1.29, 1.82) is 0 Å². The summed E-state index contributed by atoms with van der Waals surface area (Å²) in [5.74, 6) is -0.0726. The molecule has 3 rings (SSSR count). The lowest BCUT2D eigenvalue weighted by Crippen LogP contribution is -2.30. The first-order chi connectivity index (χ1) is 13.9. The number of nitrogens with one attached hydrogen (secondary N) is 1. The Morgan fingerprint density at radius 2 is 1.93 bits per heavy atom. The number of nitrogens with zero attached hydrogens (tertiary/aromatic N) is 1. The van der Waals surface area contributed by atoms with Gasteiger partial charge in [0.2, 0.25) is 5.76 Å². The summed E-state index contributed by atoms with van der Waals surface area (Å²) in [7, 11) is 1.24. The van der Waals surface area contributed by atoms with Gasteiger partial charge in [0.1, 0.15) is 17.2 Å². The summed E-state index contributed by atoms with van der Waals surface area (Å²) >= 11 is 0. The average Bonchev–Trinajstić information content (AvgIpc) is 3.29. The third kappa shape index (κ3) is 4.66. The highest BCUT2D eigenvalue weighted by Crippen LogP contribution is 2.20. The van der Waals surface area contributed by atoms with Gasteiger partial charge in [-0.2, -0.15) is 0 Å². The zero-order valence-electron chi connectivity index (χ0n) is 16.4. The third-order valence-electron chi connectivity index (χ3n) is 4.43. The predicted octanol–water partition coefficient (Wildman–Crippen LogP) is 3.34. The molecule has 1 fully saturated rings. The van der Waals surface area contributed by atoms with Crippen molar-refractivity contribution < 1.29 is 28.3 Å². The van der Waals surface area contributed by atoms with Gasteiger partial charge in [-0.05, 0) is 49.2 Å². The highest BCUT2D eigenvalue weighted by atomic mass is 16.5.